The van der Waals surface area contributed by atoms with Gasteiger partial charge in [0.15, 0.2) is 0 Å². The Labute approximate surface area is 97.7 Å². The summed E-state index contributed by atoms with van der Waals surface area (Å²) in [5.41, 5.74) is 0.581. The summed E-state index contributed by atoms with van der Waals surface area (Å²) in [7, 11) is 0. The number of carbonyl (C=O) groups is 1. The molecule has 16 heavy (non-hydrogen) atoms. The second-order valence-electron chi connectivity index (χ2n) is 4.03. The average Bonchev–Trinajstić information content (AvgIpc) is 2.22. The molecule has 0 saturated heterocycles. The maximum atomic E-state index is 11.6. The highest BCUT2D eigenvalue weighted by Crippen LogP contribution is 2.13. The highest BCUT2D eigenvalue weighted by molar-refractivity contribution is 5.87. The molecule has 0 unspecified atom stereocenters. The Hall–Kier alpha value is -1.31. The van der Waals surface area contributed by atoms with E-state index in [-0.39, 0.29) is 12.1 Å². The van der Waals surface area contributed by atoms with Crippen LogP contribution in [0.15, 0.2) is 36.5 Å². The van der Waals surface area contributed by atoms with Crippen LogP contribution in [0, 0.1) is 0 Å². The summed E-state index contributed by atoms with van der Waals surface area (Å²) >= 11 is 0. The smallest absolute Gasteiger partial charge is 0.333 e. The van der Waals surface area contributed by atoms with E-state index >= 15 is 0 Å². The van der Waals surface area contributed by atoms with Gasteiger partial charge >= 0.3 is 5.97 Å². The molecule has 0 aromatic carbocycles. The van der Waals surface area contributed by atoms with E-state index in [2.05, 4.69) is 30.9 Å². The first kappa shape index (κ1) is 12.8. The van der Waals surface area contributed by atoms with Gasteiger partial charge in [-0.2, -0.15) is 0 Å². The maximum absolute atomic E-state index is 11.6. The van der Waals surface area contributed by atoms with Gasteiger partial charge in [0.2, 0.25) is 0 Å². The molecule has 2 nitrogen and oxygen atoms in total. The molecule has 0 saturated carbocycles. The third kappa shape index (κ3) is 4.47. The largest absolute Gasteiger partial charge is 0.458 e. The maximum Gasteiger partial charge on any atom is 0.333 e. The van der Waals surface area contributed by atoms with Crippen LogP contribution in [0.2, 0.25) is 0 Å². The summed E-state index contributed by atoms with van der Waals surface area (Å²) in [6.45, 7) is 5.77. The van der Waals surface area contributed by atoms with E-state index in [4.69, 9.17) is 4.74 Å². The molecule has 1 rings (SSSR count). The van der Waals surface area contributed by atoms with Gasteiger partial charge in [0, 0.05) is 18.4 Å². The minimum atomic E-state index is -0.241. The fraction of sp³-hybridized carbons (Fsp3) is 0.500. The third-order valence-electron chi connectivity index (χ3n) is 2.52. The number of allylic oxidation sites excluding steroid dienone is 2. The number of hydrogen-bond donors (Lipinski definition) is 0. The second-order valence-corrected chi connectivity index (χ2v) is 4.03. The molecule has 0 aliphatic heterocycles. The van der Waals surface area contributed by atoms with Crippen molar-refractivity contribution in [2.24, 2.45) is 0 Å². The molecule has 2 heteroatoms. The molecule has 0 amide bonds. The Balaban J connectivity index is 2.43. The van der Waals surface area contributed by atoms with E-state index in [0.29, 0.717) is 5.57 Å². The van der Waals surface area contributed by atoms with Gasteiger partial charge in [-0.05, 0) is 12.8 Å². The van der Waals surface area contributed by atoms with Crippen LogP contribution in [-0.2, 0) is 9.53 Å². The number of esters is 1. The van der Waals surface area contributed by atoms with Crippen molar-refractivity contribution in [1.82, 2.24) is 0 Å². The van der Waals surface area contributed by atoms with Crippen molar-refractivity contribution in [1.29, 1.82) is 0 Å². The summed E-state index contributed by atoms with van der Waals surface area (Å²) in [6.07, 6.45) is 12.5. The van der Waals surface area contributed by atoms with Gasteiger partial charge in [0.25, 0.3) is 0 Å². The summed E-state index contributed by atoms with van der Waals surface area (Å²) in [5.74, 6) is -0.241. The fourth-order valence-electron chi connectivity index (χ4n) is 1.60. The molecule has 1 aliphatic carbocycles. The Morgan fingerprint density at radius 2 is 1.94 bits per heavy atom. The standard InChI is InChI=1S/C14H20O2/c1-3-9-12(2)14(15)16-13-10-7-5-4-6-8-11-13/h5-8,13H,2-4,9-11H2,1H3/b7-5-,8-6-. The molecule has 0 heterocycles. The molecule has 0 aromatic heterocycles. The van der Waals surface area contributed by atoms with Crippen LogP contribution in [0.4, 0.5) is 0 Å². The second kappa shape index (κ2) is 7.04. The van der Waals surface area contributed by atoms with Crippen molar-refractivity contribution < 1.29 is 9.53 Å². The Morgan fingerprint density at radius 1 is 1.31 bits per heavy atom. The monoisotopic (exact) mass is 220 g/mol. The first-order valence-corrected chi connectivity index (χ1v) is 5.92. The van der Waals surface area contributed by atoms with E-state index in [1.54, 1.807) is 0 Å². The van der Waals surface area contributed by atoms with Crippen molar-refractivity contribution in [3.8, 4) is 0 Å². The van der Waals surface area contributed by atoms with Crippen molar-refractivity contribution in [3.63, 3.8) is 0 Å². The van der Waals surface area contributed by atoms with Gasteiger partial charge in [-0.1, -0.05) is 44.2 Å². The SMILES string of the molecule is C=C(CCC)C(=O)OC1C/C=C\C/C=C\C1. The van der Waals surface area contributed by atoms with E-state index < -0.39 is 0 Å². The minimum Gasteiger partial charge on any atom is -0.458 e. The summed E-state index contributed by atoms with van der Waals surface area (Å²) in [5, 5.41) is 0. The van der Waals surface area contributed by atoms with Crippen molar-refractivity contribution in [2.75, 3.05) is 0 Å². The molecule has 0 aromatic rings. The Morgan fingerprint density at radius 3 is 2.50 bits per heavy atom. The Bertz CT molecular complexity index is 286. The van der Waals surface area contributed by atoms with Crippen LogP contribution in [0.1, 0.15) is 39.0 Å². The molecule has 0 fully saturated rings. The van der Waals surface area contributed by atoms with E-state index in [0.717, 1.165) is 32.1 Å². The van der Waals surface area contributed by atoms with Crippen LogP contribution in [0.3, 0.4) is 0 Å². The lowest BCUT2D eigenvalue weighted by atomic mass is 10.1. The predicted octanol–water partition coefficient (Wildman–Crippen LogP) is 3.55. The van der Waals surface area contributed by atoms with E-state index in [1.165, 1.54) is 0 Å². The molecule has 0 atom stereocenters. The van der Waals surface area contributed by atoms with Gasteiger partial charge in [-0.3, -0.25) is 0 Å². The first-order valence-electron chi connectivity index (χ1n) is 5.92. The highest BCUT2D eigenvalue weighted by atomic mass is 16.5. The van der Waals surface area contributed by atoms with Gasteiger partial charge in [0.05, 0.1) is 0 Å². The molecule has 0 N–H and O–H groups in total. The van der Waals surface area contributed by atoms with Crippen molar-refractivity contribution >= 4 is 5.97 Å². The van der Waals surface area contributed by atoms with Gasteiger partial charge in [-0.15, -0.1) is 0 Å². The topological polar surface area (TPSA) is 26.3 Å². The number of rotatable bonds is 4. The normalized spacial score (nSPS) is 20.6. The third-order valence-corrected chi connectivity index (χ3v) is 2.52. The molecule has 88 valence electrons. The van der Waals surface area contributed by atoms with Crippen molar-refractivity contribution in [3.05, 3.63) is 36.5 Å². The van der Waals surface area contributed by atoms with Crippen LogP contribution >= 0.6 is 0 Å². The van der Waals surface area contributed by atoms with Crippen molar-refractivity contribution in [2.45, 2.75) is 45.1 Å². The molecule has 1 aliphatic rings. The van der Waals surface area contributed by atoms with Crippen LogP contribution in [-0.4, -0.2) is 12.1 Å². The quantitative estimate of drug-likeness (QED) is 0.411. The Kier molecular flexibility index (Phi) is 5.62. The first-order chi connectivity index (χ1) is 7.74. The summed E-state index contributed by atoms with van der Waals surface area (Å²) < 4.78 is 5.40. The highest BCUT2D eigenvalue weighted by Gasteiger charge is 2.14. The summed E-state index contributed by atoms with van der Waals surface area (Å²) in [4.78, 5) is 11.6. The van der Waals surface area contributed by atoms with Gasteiger partial charge < -0.3 is 4.74 Å². The zero-order valence-corrected chi connectivity index (χ0v) is 9.95. The molecular formula is C14H20O2. The van der Waals surface area contributed by atoms with Crippen LogP contribution in [0.5, 0.6) is 0 Å². The molecule has 0 radical (unpaired) electrons. The summed E-state index contributed by atoms with van der Waals surface area (Å²) in [6, 6.07) is 0. The fourth-order valence-corrected chi connectivity index (χ4v) is 1.60. The average molecular weight is 220 g/mol. The van der Waals surface area contributed by atoms with Crippen LogP contribution < -0.4 is 0 Å². The lowest BCUT2D eigenvalue weighted by Gasteiger charge is -2.16. The van der Waals surface area contributed by atoms with E-state index in [1.807, 2.05) is 6.92 Å². The van der Waals surface area contributed by atoms with Gasteiger partial charge in [0.1, 0.15) is 6.10 Å². The zero-order valence-electron chi connectivity index (χ0n) is 9.95. The number of ether oxygens (including phenoxy) is 1. The van der Waals surface area contributed by atoms with Gasteiger partial charge in [-0.25, -0.2) is 4.79 Å². The number of hydrogen-bond acceptors (Lipinski definition) is 2. The van der Waals surface area contributed by atoms with Crippen LogP contribution in [0.25, 0.3) is 0 Å². The molecule has 0 spiro atoms. The lowest BCUT2D eigenvalue weighted by molar-refractivity contribution is -0.144. The number of carbonyl (C=O) groups excluding carboxylic acids is 1. The molecule has 0 bridgehead atoms. The minimum absolute atomic E-state index is 0.0334. The molecular weight excluding hydrogens is 200 g/mol. The zero-order chi connectivity index (χ0) is 11.8. The predicted molar refractivity (Wildman–Crippen MR) is 66.1 cm³/mol. The lowest BCUT2D eigenvalue weighted by Crippen LogP contribution is -2.18. The van der Waals surface area contributed by atoms with E-state index in [9.17, 15) is 4.79 Å².